The van der Waals surface area contributed by atoms with Gasteiger partial charge in [0.15, 0.2) is 0 Å². The van der Waals surface area contributed by atoms with E-state index in [0.717, 1.165) is 59.6 Å². The second-order valence-corrected chi connectivity index (χ2v) is 9.56. The highest BCUT2D eigenvalue weighted by Gasteiger charge is 2.20. The highest BCUT2D eigenvalue weighted by atomic mass is 19.1. The van der Waals surface area contributed by atoms with Crippen LogP contribution in [-0.2, 0) is 6.54 Å². The van der Waals surface area contributed by atoms with Crippen LogP contribution in [0.2, 0.25) is 0 Å². The molecule has 0 aliphatic rings. The number of hydrogen-bond acceptors (Lipinski definition) is 3. The number of nitrogens with one attached hydrogen (secondary N) is 1. The summed E-state index contributed by atoms with van der Waals surface area (Å²) in [6.07, 6.45) is 7.55. The van der Waals surface area contributed by atoms with Gasteiger partial charge in [0.1, 0.15) is 17.3 Å². The van der Waals surface area contributed by atoms with Crippen LogP contribution in [0.3, 0.4) is 0 Å². The van der Waals surface area contributed by atoms with E-state index < -0.39 is 0 Å². The summed E-state index contributed by atoms with van der Waals surface area (Å²) in [6, 6.07) is 12.5. The normalized spacial score (nSPS) is 12.1. The third kappa shape index (κ3) is 8.01. The summed E-state index contributed by atoms with van der Waals surface area (Å²) in [7, 11) is 0. The molecule has 0 fully saturated rings. The summed E-state index contributed by atoms with van der Waals surface area (Å²) in [6.45, 7) is 18.6. The van der Waals surface area contributed by atoms with Gasteiger partial charge in [0.25, 0.3) is 0 Å². The zero-order valence-electron chi connectivity index (χ0n) is 23.1. The van der Waals surface area contributed by atoms with Crippen LogP contribution < -0.4 is 15.9 Å². The van der Waals surface area contributed by atoms with Gasteiger partial charge in [0, 0.05) is 23.6 Å². The lowest BCUT2D eigenvalue weighted by Crippen LogP contribution is -2.30. The molecule has 0 radical (unpaired) electrons. The SMILES string of the molecule is C=C(C)NCc1ccc(C)c(F)c1.C=c1/c(=C\C)cc(-c2c(O)cccc2O)n1C(CCC)CCCC. The molecular weight excluding hydrogens is 463 g/mol. The number of allylic oxidation sites excluding steroid dienone is 1. The van der Waals surface area contributed by atoms with E-state index in [-0.39, 0.29) is 17.3 Å². The average molecular weight is 507 g/mol. The molecule has 0 aliphatic carbocycles. The molecule has 0 amide bonds. The van der Waals surface area contributed by atoms with Crippen molar-refractivity contribution in [3.05, 3.63) is 82.3 Å². The Morgan fingerprint density at radius 3 is 2.30 bits per heavy atom. The summed E-state index contributed by atoms with van der Waals surface area (Å²) in [5.41, 5.74) is 3.84. The summed E-state index contributed by atoms with van der Waals surface area (Å²) < 4.78 is 15.3. The molecule has 0 bridgehead atoms. The van der Waals surface area contributed by atoms with Crippen molar-refractivity contribution in [1.29, 1.82) is 0 Å². The number of aryl methyl sites for hydroxylation is 1. The topological polar surface area (TPSA) is 57.4 Å². The van der Waals surface area contributed by atoms with Gasteiger partial charge < -0.3 is 20.1 Å². The van der Waals surface area contributed by atoms with Crippen LogP contribution in [0.15, 0.2) is 54.7 Å². The van der Waals surface area contributed by atoms with Gasteiger partial charge in [-0.05, 0) is 74.2 Å². The molecule has 37 heavy (non-hydrogen) atoms. The smallest absolute Gasteiger partial charge is 0.128 e. The van der Waals surface area contributed by atoms with Crippen molar-refractivity contribution in [1.82, 2.24) is 9.88 Å². The number of nitrogens with zero attached hydrogens (tertiary/aromatic N) is 1. The number of phenolic OH excluding ortho intramolecular Hbond substituents is 2. The van der Waals surface area contributed by atoms with E-state index in [2.05, 4.69) is 36.9 Å². The van der Waals surface area contributed by atoms with Crippen LogP contribution >= 0.6 is 0 Å². The molecule has 5 heteroatoms. The van der Waals surface area contributed by atoms with Gasteiger partial charge in [-0.3, -0.25) is 0 Å². The lowest BCUT2D eigenvalue weighted by molar-refractivity contribution is 0.411. The molecule has 3 rings (SSSR count). The molecule has 3 N–H and O–H groups in total. The minimum Gasteiger partial charge on any atom is -0.507 e. The lowest BCUT2D eigenvalue weighted by atomic mass is 10.0. The van der Waals surface area contributed by atoms with Crippen LogP contribution in [0.25, 0.3) is 23.9 Å². The fraction of sp³-hybridized carbons (Fsp3) is 0.375. The largest absolute Gasteiger partial charge is 0.507 e. The van der Waals surface area contributed by atoms with Gasteiger partial charge in [-0.25, -0.2) is 4.39 Å². The maximum Gasteiger partial charge on any atom is 0.128 e. The quantitative estimate of drug-likeness (QED) is 0.276. The van der Waals surface area contributed by atoms with E-state index in [9.17, 15) is 14.6 Å². The van der Waals surface area contributed by atoms with E-state index in [1.54, 1.807) is 37.3 Å². The summed E-state index contributed by atoms with van der Waals surface area (Å²) in [5, 5.41) is 25.7. The summed E-state index contributed by atoms with van der Waals surface area (Å²) >= 11 is 0. The number of aromatic nitrogens is 1. The first-order valence-corrected chi connectivity index (χ1v) is 13.2. The number of benzene rings is 2. The molecule has 200 valence electrons. The van der Waals surface area contributed by atoms with Crippen molar-refractivity contribution in [3.8, 4) is 22.8 Å². The first-order valence-electron chi connectivity index (χ1n) is 13.2. The second-order valence-electron chi connectivity index (χ2n) is 9.56. The van der Waals surface area contributed by atoms with Crippen LogP contribution in [0.1, 0.15) is 77.0 Å². The van der Waals surface area contributed by atoms with Crippen LogP contribution in [0.5, 0.6) is 11.5 Å². The standard InChI is InChI=1S/C21H29NO2.C11H14FN/c1-5-8-11-17(10-6-2)22-15(4)16(7-3)14-18(22)21-19(23)12-9-13-20(21)24;1-8(2)13-7-10-5-4-9(3)11(12)6-10/h7,9,12-14,17,23-24H,4-6,8,10-11H2,1-3H3;4-6,13H,1,7H2,2-3H3/b16-7-;. The van der Waals surface area contributed by atoms with E-state index in [4.69, 9.17) is 0 Å². The summed E-state index contributed by atoms with van der Waals surface area (Å²) in [5.74, 6) is 0.0466. The number of phenols is 2. The van der Waals surface area contributed by atoms with Gasteiger partial charge in [-0.1, -0.05) is 70.5 Å². The number of rotatable bonds is 10. The molecule has 0 saturated carbocycles. The minimum absolute atomic E-state index is 0.0992. The molecule has 0 spiro atoms. The van der Waals surface area contributed by atoms with Crippen LogP contribution in [-0.4, -0.2) is 14.8 Å². The Bertz CT molecular complexity index is 1270. The predicted octanol–water partition coefficient (Wildman–Crippen LogP) is 7.07. The lowest BCUT2D eigenvalue weighted by Gasteiger charge is -2.22. The molecular formula is C32H43FN2O2. The number of unbranched alkanes of at least 4 members (excludes halogenated alkanes) is 1. The predicted molar refractivity (Wildman–Crippen MR) is 154 cm³/mol. The summed E-state index contributed by atoms with van der Waals surface area (Å²) in [4.78, 5) is 0. The minimum atomic E-state index is -0.152. The third-order valence-electron chi connectivity index (χ3n) is 6.47. The fourth-order valence-corrected chi connectivity index (χ4v) is 4.41. The highest BCUT2D eigenvalue weighted by molar-refractivity contribution is 5.74. The van der Waals surface area contributed by atoms with E-state index in [1.165, 1.54) is 0 Å². The van der Waals surface area contributed by atoms with Crippen molar-refractivity contribution in [2.75, 3.05) is 0 Å². The molecule has 0 saturated heterocycles. The highest BCUT2D eigenvalue weighted by Crippen LogP contribution is 2.38. The molecule has 1 heterocycles. The van der Waals surface area contributed by atoms with E-state index in [0.29, 0.717) is 23.7 Å². The molecule has 1 unspecified atom stereocenters. The van der Waals surface area contributed by atoms with Crippen LogP contribution in [0.4, 0.5) is 4.39 Å². The van der Waals surface area contributed by atoms with Gasteiger partial charge in [-0.15, -0.1) is 0 Å². The zero-order chi connectivity index (χ0) is 27.5. The molecule has 0 aliphatic heterocycles. The van der Waals surface area contributed by atoms with Crippen molar-refractivity contribution in [2.24, 2.45) is 0 Å². The van der Waals surface area contributed by atoms with E-state index >= 15 is 0 Å². The van der Waals surface area contributed by atoms with E-state index in [1.807, 2.05) is 32.1 Å². The van der Waals surface area contributed by atoms with Gasteiger partial charge in [0.2, 0.25) is 0 Å². The average Bonchev–Trinajstić information content (AvgIpc) is 3.18. The van der Waals surface area contributed by atoms with Crippen molar-refractivity contribution < 1.29 is 14.6 Å². The Labute approximate surface area is 221 Å². The fourth-order valence-electron chi connectivity index (χ4n) is 4.41. The number of halogens is 1. The molecule has 3 aromatic rings. The maximum absolute atomic E-state index is 13.1. The second kappa shape index (κ2) is 14.3. The Morgan fingerprint density at radius 2 is 1.76 bits per heavy atom. The Kier molecular flexibility index (Phi) is 11.5. The first kappa shape index (κ1) is 29.8. The van der Waals surface area contributed by atoms with Crippen LogP contribution in [0, 0.1) is 12.7 Å². The molecule has 2 aromatic carbocycles. The maximum atomic E-state index is 13.1. The molecule has 4 nitrogen and oxygen atoms in total. The van der Waals surface area contributed by atoms with Gasteiger partial charge in [-0.2, -0.15) is 0 Å². The Hall–Kier alpha value is -3.47. The first-order chi connectivity index (χ1) is 17.6. The third-order valence-corrected chi connectivity index (χ3v) is 6.47. The number of aromatic hydroxyl groups is 2. The Morgan fingerprint density at radius 1 is 1.08 bits per heavy atom. The molecule has 1 atom stereocenters. The van der Waals surface area contributed by atoms with Crippen molar-refractivity contribution >= 4 is 12.7 Å². The number of hydrogen-bond donors (Lipinski definition) is 3. The van der Waals surface area contributed by atoms with Crippen molar-refractivity contribution in [2.45, 2.75) is 79.3 Å². The zero-order valence-corrected chi connectivity index (χ0v) is 23.1. The Balaban J connectivity index is 0.000000312. The van der Waals surface area contributed by atoms with Crippen molar-refractivity contribution in [3.63, 3.8) is 0 Å². The molecule has 1 aromatic heterocycles. The van der Waals surface area contributed by atoms with Gasteiger partial charge >= 0.3 is 0 Å². The monoisotopic (exact) mass is 506 g/mol. The van der Waals surface area contributed by atoms with Gasteiger partial charge in [0.05, 0.1) is 11.3 Å².